The molecule has 0 aliphatic carbocycles. The maximum atomic E-state index is 12.7. The van der Waals surface area contributed by atoms with Crippen LogP contribution in [0, 0.1) is 0 Å². The molecule has 0 heterocycles. The molecule has 0 aliphatic rings. The number of phenols is 1. The fraction of sp³-hybridized carbons (Fsp3) is 0.318. The van der Waals surface area contributed by atoms with E-state index in [1.165, 1.54) is 25.1 Å². The molecule has 0 aliphatic heterocycles. The summed E-state index contributed by atoms with van der Waals surface area (Å²) in [7, 11) is 0. The lowest BCUT2D eigenvalue weighted by molar-refractivity contribution is -0.147. The van der Waals surface area contributed by atoms with Gasteiger partial charge in [0.2, 0.25) is 0 Å². The van der Waals surface area contributed by atoms with Gasteiger partial charge in [-0.1, -0.05) is 34.8 Å². The molecule has 0 aromatic heterocycles. The van der Waals surface area contributed by atoms with E-state index in [-0.39, 0.29) is 63.0 Å². The Hall–Kier alpha value is -2.89. The van der Waals surface area contributed by atoms with Crippen LogP contribution in [-0.2, 0) is 16.0 Å². The number of amides is 1. The normalized spacial score (nSPS) is 11.2. The smallest absolute Gasteiger partial charge is 0.394 e. The lowest BCUT2D eigenvalue weighted by Crippen LogP contribution is -2.22. The maximum Gasteiger partial charge on any atom is 0.394 e. The molecule has 196 valence electrons. The van der Waals surface area contributed by atoms with Crippen molar-refractivity contribution in [3.63, 3.8) is 0 Å². The second kappa shape index (κ2) is 12.4. The van der Waals surface area contributed by atoms with Gasteiger partial charge in [0.15, 0.2) is 11.5 Å². The van der Waals surface area contributed by atoms with Crippen molar-refractivity contribution in [1.82, 2.24) is 0 Å². The van der Waals surface area contributed by atoms with Crippen LogP contribution in [-0.4, -0.2) is 47.3 Å². The van der Waals surface area contributed by atoms with Gasteiger partial charge in [0.1, 0.15) is 16.5 Å². The third-order valence-corrected chi connectivity index (χ3v) is 5.57. The van der Waals surface area contributed by atoms with Crippen LogP contribution < -0.4 is 14.8 Å². The largest absolute Gasteiger partial charge is 0.507 e. The molecule has 2 rings (SSSR count). The summed E-state index contributed by atoms with van der Waals surface area (Å²) in [4.78, 5) is 33.8. The van der Waals surface area contributed by atoms with Crippen LogP contribution in [0.5, 0.6) is 17.2 Å². The summed E-state index contributed by atoms with van der Waals surface area (Å²) >= 11 is 18.2. The van der Waals surface area contributed by atoms with Gasteiger partial charge >= 0.3 is 18.1 Å². The Labute approximate surface area is 217 Å². The molecule has 0 atom stereocenters. The summed E-state index contributed by atoms with van der Waals surface area (Å²) in [5, 5.41) is 20.6. The molecule has 0 saturated carbocycles. The number of alkyl halides is 3. The molecule has 0 fully saturated rings. The molecule has 0 saturated heterocycles. The number of halogens is 6. The number of phenolic OH excluding ortho intramolecular Hbond substituents is 1. The summed E-state index contributed by atoms with van der Waals surface area (Å²) in [6.07, 6.45) is -6.14. The highest BCUT2D eigenvalue weighted by atomic mass is 35.5. The molecule has 2 aromatic carbocycles. The summed E-state index contributed by atoms with van der Waals surface area (Å²) in [6.45, 7) is 1.04. The van der Waals surface area contributed by atoms with Gasteiger partial charge in [-0.15, -0.1) is 0 Å². The first-order valence-corrected chi connectivity index (χ1v) is 11.3. The zero-order chi connectivity index (χ0) is 27.2. The van der Waals surface area contributed by atoms with E-state index in [1.54, 1.807) is 0 Å². The van der Waals surface area contributed by atoms with E-state index in [1.807, 2.05) is 5.32 Å². The topological polar surface area (TPSA) is 122 Å². The van der Waals surface area contributed by atoms with Crippen molar-refractivity contribution in [3.8, 4) is 17.2 Å². The lowest BCUT2D eigenvalue weighted by Gasteiger charge is -2.17. The van der Waals surface area contributed by atoms with Gasteiger partial charge in [0.25, 0.3) is 0 Å². The van der Waals surface area contributed by atoms with Crippen LogP contribution in [0.4, 0.5) is 18.9 Å². The molecule has 36 heavy (non-hydrogen) atoms. The van der Waals surface area contributed by atoms with Gasteiger partial charge in [-0.05, 0) is 31.5 Å². The number of carboxylic acids is 1. The Balaban J connectivity index is 2.08. The Morgan fingerprint density at radius 1 is 1.06 bits per heavy atom. The van der Waals surface area contributed by atoms with Gasteiger partial charge < -0.3 is 25.0 Å². The number of carbonyl (C=O) groups is 3. The van der Waals surface area contributed by atoms with E-state index in [9.17, 15) is 32.7 Å². The van der Waals surface area contributed by atoms with Crippen LogP contribution in [0.15, 0.2) is 18.2 Å². The van der Waals surface area contributed by atoms with Crippen LogP contribution in [0.1, 0.15) is 35.7 Å². The highest BCUT2D eigenvalue weighted by molar-refractivity contribution is 6.46. The van der Waals surface area contributed by atoms with Crippen molar-refractivity contribution in [2.45, 2.75) is 32.4 Å². The zero-order valence-electron chi connectivity index (χ0n) is 18.5. The Kier molecular flexibility index (Phi) is 10.1. The predicted molar refractivity (Wildman–Crippen MR) is 126 cm³/mol. The van der Waals surface area contributed by atoms with E-state index in [0.717, 1.165) is 0 Å². The number of Topliss-reactive ketones (excluding diaryl/α,β-unsaturated/α-hetero) is 1. The van der Waals surface area contributed by atoms with Crippen molar-refractivity contribution in [2.24, 2.45) is 0 Å². The Morgan fingerprint density at radius 3 is 2.28 bits per heavy atom. The molecule has 1 amide bonds. The zero-order valence-corrected chi connectivity index (χ0v) is 20.7. The Morgan fingerprint density at radius 2 is 1.69 bits per heavy atom. The number of hydrogen-bond acceptors (Lipinski definition) is 6. The molecule has 3 N–H and O–H groups in total. The van der Waals surface area contributed by atoms with Crippen LogP contribution >= 0.6 is 34.8 Å². The van der Waals surface area contributed by atoms with Gasteiger partial charge in [-0.2, -0.15) is 13.2 Å². The van der Waals surface area contributed by atoms with Crippen LogP contribution in [0.25, 0.3) is 0 Å². The van der Waals surface area contributed by atoms with Gasteiger partial charge in [-0.25, -0.2) is 4.79 Å². The van der Waals surface area contributed by atoms with Crippen molar-refractivity contribution < 1.29 is 47.2 Å². The van der Waals surface area contributed by atoms with E-state index in [2.05, 4.69) is 0 Å². The number of hydrogen-bond donors (Lipinski definition) is 3. The molecule has 8 nitrogen and oxygen atoms in total. The van der Waals surface area contributed by atoms with E-state index in [4.69, 9.17) is 49.4 Å². The summed E-state index contributed by atoms with van der Waals surface area (Å²) in [5.41, 5.74) is -0.499. The number of benzene rings is 2. The predicted octanol–water partition coefficient (Wildman–Crippen LogP) is 5.92. The number of carboxylic acid groups (broad SMARTS) is 1. The average molecular weight is 573 g/mol. The molecular formula is C22H19Cl3F3NO7. The molecule has 0 bridgehead atoms. The van der Waals surface area contributed by atoms with Crippen molar-refractivity contribution in [1.29, 1.82) is 0 Å². The van der Waals surface area contributed by atoms with Crippen LogP contribution in [0.3, 0.4) is 0 Å². The minimum Gasteiger partial charge on any atom is -0.507 e. The number of aromatic hydroxyl groups is 1. The first-order valence-electron chi connectivity index (χ1n) is 10.1. The summed E-state index contributed by atoms with van der Waals surface area (Å²) < 4.78 is 49.2. The number of ether oxygens (including phenoxy) is 2. The van der Waals surface area contributed by atoms with E-state index in [0.29, 0.717) is 0 Å². The SMILES string of the molecule is CC(=O)c1ccc(OCCCOc2c(Cl)cc(Cl)c(NC(=O)C(=O)O)c2Cl)c(CCC(F)(F)F)c1O. The number of nitrogens with one attached hydrogen (secondary N) is 1. The van der Waals surface area contributed by atoms with Gasteiger partial charge in [0, 0.05) is 18.4 Å². The first kappa shape index (κ1) is 29.3. The molecule has 0 radical (unpaired) electrons. The number of aliphatic carboxylic acids is 1. The second-order valence-electron chi connectivity index (χ2n) is 7.28. The summed E-state index contributed by atoms with van der Waals surface area (Å²) in [5.74, 6) is -4.37. The fourth-order valence-electron chi connectivity index (χ4n) is 2.95. The minimum atomic E-state index is -4.48. The molecule has 0 unspecified atom stereocenters. The molecule has 2 aromatic rings. The highest BCUT2D eigenvalue weighted by Gasteiger charge is 2.29. The second-order valence-corrected chi connectivity index (χ2v) is 8.47. The van der Waals surface area contributed by atoms with E-state index < -0.39 is 42.4 Å². The molecule has 0 spiro atoms. The van der Waals surface area contributed by atoms with Gasteiger partial charge in [-0.3, -0.25) is 9.59 Å². The van der Waals surface area contributed by atoms with Crippen LogP contribution in [0.2, 0.25) is 15.1 Å². The fourth-order valence-corrected chi connectivity index (χ4v) is 3.91. The number of anilines is 1. The summed E-state index contributed by atoms with van der Waals surface area (Å²) in [6, 6.07) is 3.73. The lowest BCUT2D eigenvalue weighted by atomic mass is 10.0. The maximum absolute atomic E-state index is 12.7. The van der Waals surface area contributed by atoms with Gasteiger partial charge in [0.05, 0.1) is 34.5 Å². The number of carbonyl (C=O) groups excluding carboxylic acids is 2. The average Bonchev–Trinajstić information content (AvgIpc) is 2.76. The highest BCUT2D eigenvalue weighted by Crippen LogP contribution is 2.43. The Bertz CT molecular complexity index is 1170. The molecule has 14 heteroatoms. The van der Waals surface area contributed by atoms with Crippen molar-refractivity contribution in [2.75, 3.05) is 18.5 Å². The molecular weight excluding hydrogens is 554 g/mol. The van der Waals surface area contributed by atoms with E-state index >= 15 is 0 Å². The third kappa shape index (κ3) is 7.81. The quantitative estimate of drug-likeness (QED) is 0.183. The standard InChI is InChI=1S/C22H19Cl3F3NO7/c1-10(30)11-3-4-15(12(18(11)31)5-6-22(26,27)28)35-7-2-8-36-19-14(24)9-13(23)17(16(19)25)29-20(32)21(33)34/h3-4,9,31H,2,5-8H2,1H3,(H,29,32)(H,33,34). The first-order chi connectivity index (χ1) is 16.7. The minimum absolute atomic E-state index is 0.0250. The number of rotatable bonds is 10. The van der Waals surface area contributed by atoms with Crippen molar-refractivity contribution >= 4 is 58.1 Å². The monoisotopic (exact) mass is 571 g/mol. The van der Waals surface area contributed by atoms with Crippen molar-refractivity contribution in [3.05, 3.63) is 44.4 Å². The third-order valence-electron chi connectivity index (χ3n) is 4.63. The number of ketones is 1.